The van der Waals surface area contributed by atoms with Gasteiger partial charge in [-0.2, -0.15) is 0 Å². The van der Waals surface area contributed by atoms with Crippen LogP contribution in [0.3, 0.4) is 0 Å². The molecule has 0 aromatic carbocycles. The molecule has 2 atom stereocenters. The Hall–Kier alpha value is -1.72. The molecule has 2 saturated heterocycles. The Kier molecular flexibility index (Phi) is 1.67. The highest BCUT2D eigenvalue weighted by molar-refractivity contribution is 6.19. The number of nitrogens with one attached hydrogen (secondary N) is 1. The van der Waals surface area contributed by atoms with E-state index in [0.29, 0.717) is 0 Å². The lowest BCUT2D eigenvalue weighted by Crippen LogP contribution is -2.48. The minimum atomic E-state index is -0.995. The summed E-state index contributed by atoms with van der Waals surface area (Å²) in [5.41, 5.74) is 0. The maximum atomic E-state index is 11.5. The van der Waals surface area contributed by atoms with Gasteiger partial charge >= 0.3 is 0 Å². The van der Waals surface area contributed by atoms with E-state index in [1.54, 1.807) is 0 Å². The topological polar surface area (TPSA) is 83.6 Å². The fraction of sp³-hybridized carbons (Fsp3) is 0.500. The molecule has 0 aromatic rings. The van der Waals surface area contributed by atoms with E-state index in [1.807, 2.05) is 0 Å². The number of carbonyl (C=O) groups is 4. The maximum absolute atomic E-state index is 11.5. The van der Waals surface area contributed by atoms with E-state index in [1.165, 1.54) is 7.05 Å². The van der Waals surface area contributed by atoms with Crippen LogP contribution in [-0.2, 0) is 19.2 Å². The van der Waals surface area contributed by atoms with Crippen LogP contribution in [0.4, 0.5) is 0 Å². The number of likely N-dealkylation sites (tertiary alicyclic amines) is 1. The molecule has 0 unspecified atom stereocenters. The van der Waals surface area contributed by atoms with Gasteiger partial charge in [0.1, 0.15) is 5.92 Å². The molecular weight excluding hydrogens is 188 g/mol. The lowest BCUT2D eigenvalue weighted by molar-refractivity contribution is -0.155. The molecule has 74 valence electrons. The van der Waals surface area contributed by atoms with Crippen molar-refractivity contribution in [3.05, 3.63) is 0 Å². The van der Waals surface area contributed by atoms with Crippen molar-refractivity contribution in [2.45, 2.75) is 6.42 Å². The zero-order chi connectivity index (χ0) is 10.5. The summed E-state index contributed by atoms with van der Waals surface area (Å²) in [7, 11) is 1.32. The Morgan fingerprint density at radius 1 is 1.21 bits per heavy atom. The van der Waals surface area contributed by atoms with Crippen LogP contribution in [0.15, 0.2) is 0 Å². The highest BCUT2D eigenvalue weighted by atomic mass is 16.2. The van der Waals surface area contributed by atoms with Gasteiger partial charge in [-0.25, -0.2) is 0 Å². The Balaban J connectivity index is 2.37. The van der Waals surface area contributed by atoms with Gasteiger partial charge in [0.25, 0.3) is 0 Å². The molecule has 2 aliphatic rings. The van der Waals surface area contributed by atoms with Gasteiger partial charge in [-0.05, 0) is 0 Å². The SMILES string of the molecule is CN1C(=O)C[C@@H]2C(=O)NC(=O)[C@@H]2C1=O. The molecule has 6 heteroatoms. The van der Waals surface area contributed by atoms with Gasteiger partial charge in [-0.1, -0.05) is 0 Å². The van der Waals surface area contributed by atoms with Gasteiger partial charge in [0.05, 0.1) is 5.92 Å². The molecule has 0 spiro atoms. The predicted molar refractivity (Wildman–Crippen MR) is 42.5 cm³/mol. The van der Waals surface area contributed by atoms with Crippen LogP contribution in [-0.4, -0.2) is 35.6 Å². The average Bonchev–Trinajstić information content (AvgIpc) is 2.38. The summed E-state index contributed by atoms with van der Waals surface area (Å²) in [6, 6.07) is 0. The average molecular weight is 196 g/mol. The third-order valence-corrected chi connectivity index (χ3v) is 2.63. The summed E-state index contributed by atoms with van der Waals surface area (Å²) in [6.07, 6.45) is -0.0650. The van der Waals surface area contributed by atoms with Crippen molar-refractivity contribution in [3.63, 3.8) is 0 Å². The Bertz CT molecular complexity index is 362. The molecule has 14 heavy (non-hydrogen) atoms. The lowest BCUT2D eigenvalue weighted by Gasteiger charge is -2.26. The third-order valence-electron chi connectivity index (χ3n) is 2.63. The van der Waals surface area contributed by atoms with Gasteiger partial charge in [-0.3, -0.25) is 29.4 Å². The van der Waals surface area contributed by atoms with Gasteiger partial charge < -0.3 is 0 Å². The van der Waals surface area contributed by atoms with Crippen molar-refractivity contribution >= 4 is 23.6 Å². The number of hydrogen-bond acceptors (Lipinski definition) is 4. The third kappa shape index (κ3) is 0.966. The van der Waals surface area contributed by atoms with Gasteiger partial charge in [0, 0.05) is 13.5 Å². The highest BCUT2D eigenvalue weighted by Gasteiger charge is 2.52. The van der Waals surface area contributed by atoms with Crippen molar-refractivity contribution in [2.24, 2.45) is 11.8 Å². The quantitative estimate of drug-likeness (QED) is 0.368. The smallest absolute Gasteiger partial charge is 0.242 e. The monoisotopic (exact) mass is 196 g/mol. The van der Waals surface area contributed by atoms with Crippen molar-refractivity contribution in [1.29, 1.82) is 0 Å². The first-order valence-electron chi connectivity index (χ1n) is 4.17. The molecule has 4 amide bonds. The molecule has 2 aliphatic heterocycles. The standard InChI is InChI=1S/C8H8N2O4/c1-10-4(11)2-3-5(8(10)14)7(13)9-6(3)12/h3,5H,2H2,1H3,(H,9,12,13)/t3-,5+/m0/s1. The summed E-state index contributed by atoms with van der Waals surface area (Å²) in [5, 5.41) is 2.05. The molecule has 0 radical (unpaired) electrons. The summed E-state index contributed by atoms with van der Waals surface area (Å²) >= 11 is 0. The Labute approximate surface area is 79.2 Å². The first-order valence-corrected chi connectivity index (χ1v) is 4.17. The number of fused-ring (bicyclic) bond motifs is 1. The zero-order valence-corrected chi connectivity index (χ0v) is 7.44. The van der Waals surface area contributed by atoms with E-state index >= 15 is 0 Å². The lowest BCUT2D eigenvalue weighted by atomic mass is 9.87. The molecule has 2 fully saturated rings. The van der Waals surface area contributed by atoms with Crippen LogP contribution in [0.2, 0.25) is 0 Å². The summed E-state index contributed by atoms with van der Waals surface area (Å²) < 4.78 is 0. The van der Waals surface area contributed by atoms with E-state index in [4.69, 9.17) is 0 Å². The number of piperidine rings is 1. The Morgan fingerprint density at radius 3 is 2.50 bits per heavy atom. The van der Waals surface area contributed by atoms with Crippen LogP contribution >= 0.6 is 0 Å². The van der Waals surface area contributed by atoms with Gasteiger partial charge in [0.2, 0.25) is 23.6 Å². The maximum Gasteiger partial charge on any atom is 0.242 e. The van der Waals surface area contributed by atoms with Crippen LogP contribution in [0.1, 0.15) is 6.42 Å². The van der Waals surface area contributed by atoms with Crippen LogP contribution in [0.25, 0.3) is 0 Å². The van der Waals surface area contributed by atoms with Crippen LogP contribution in [0, 0.1) is 11.8 Å². The van der Waals surface area contributed by atoms with Crippen molar-refractivity contribution in [3.8, 4) is 0 Å². The van der Waals surface area contributed by atoms with Crippen LogP contribution in [0.5, 0.6) is 0 Å². The number of amides is 4. The number of hydrogen-bond donors (Lipinski definition) is 1. The summed E-state index contributed by atoms with van der Waals surface area (Å²) in [5.74, 6) is -3.90. The van der Waals surface area contributed by atoms with Crippen molar-refractivity contribution in [1.82, 2.24) is 10.2 Å². The van der Waals surface area contributed by atoms with Gasteiger partial charge in [-0.15, -0.1) is 0 Å². The van der Waals surface area contributed by atoms with E-state index < -0.39 is 35.5 Å². The second kappa shape index (κ2) is 2.63. The number of rotatable bonds is 0. The minimum absolute atomic E-state index is 0.0650. The molecule has 2 rings (SSSR count). The summed E-state index contributed by atoms with van der Waals surface area (Å²) in [6.45, 7) is 0. The second-order valence-corrected chi connectivity index (χ2v) is 3.43. The van der Waals surface area contributed by atoms with E-state index in [9.17, 15) is 19.2 Å². The second-order valence-electron chi connectivity index (χ2n) is 3.43. The van der Waals surface area contributed by atoms with Crippen molar-refractivity contribution < 1.29 is 19.2 Å². The zero-order valence-electron chi connectivity index (χ0n) is 7.44. The summed E-state index contributed by atoms with van der Waals surface area (Å²) in [4.78, 5) is 45.9. The molecule has 0 saturated carbocycles. The predicted octanol–water partition coefficient (Wildman–Crippen LogP) is -1.74. The molecule has 6 nitrogen and oxygen atoms in total. The van der Waals surface area contributed by atoms with E-state index in [-0.39, 0.29) is 6.42 Å². The largest absolute Gasteiger partial charge is 0.295 e. The Morgan fingerprint density at radius 2 is 1.86 bits per heavy atom. The van der Waals surface area contributed by atoms with E-state index in [2.05, 4.69) is 5.32 Å². The van der Waals surface area contributed by atoms with Gasteiger partial charge in [0.15, 0.2) is 0 Å². The van der Waals surface area contributed by atoms with Crippen molar-refractivity contribution in [2.75, 3.05) is 7.05 Å². The van der Waals surface area contributed by atoms with E-state index in [0.717, 1.165) is 4.90 Å². The molecule has 2 heterocycles. The first kappa shape index (κ1) is 8.86. The molecule has 0 bridgehead atoms. The number of nitrogens with zero attached hydrogens (tertiary/aromatic N) is 1. The normalized spacial score (nSPS) is 31.9. The fourth-order valence-corrected chi connectivity index (χ4v) is 1.78. The molecule has 0 aliphatic carbocycles. The van der Waals surface area contributed by atoms with Crippen LogP contribution < -0.4 is 5.32 Å². The molecule has 0 aromatic heterocycles. The number of imide groups is 2. The molecule has 1 N–H and O–H groups in total. The fourth-order valence-electron chi connectivity index (χ4n) is 1.78. The first-order chi connectivity index (χ1) is 6.52. The minimum Gasteiger partial charge on any atom is -0.295 e. The highest BCUT2D eigenvalue weighted by Crippen LogP contribution is 2.29. The number of carbonyl (C=O) groups excluding carboxylic acids is 4. The molecular formula is C8H8N2O4.